The summed E-state index contributed by atoms with van der Waals surface area (Å²) < 4.78 is 0. The first-order valence-corrected chi connectivity index (χ1v) is 12.8. The molecule has 2 aromatic rings. The Morgan fingerprint density at radius 3 is 2.21 bits per heavy atom. The van der Waals surface area contributed by atoms with Crippen molar-refractivity contribution in [3.63, 3.8) is 0 Å². The fraction of sp³-hybridized carbons (Fsp3) is 0.538. The van der Waals surface area contributed by atoms with Crippen molar-refractivity contribution >= 4 is 34.6 Å². The average Bonchev–Trinajstić information content (AvgIpc) is 3.26. The number of aliphatic hydroxyl groups is 1. The van der Waals surface area contributed by atoms with E-state index in [9.17, 15) is 29.4 Å². The second-order valence-electron chi connectivity index (χ2n) is 9.81. The van der Waals surface area contributed by atoms with Gasteiger partial charge in [-0.15, -0.1) is 0 Å². The van der Waals surface area contributed by atoms with Crippen molar-refractivity contribution in [3.05, 3.63) is 36.0 Å². The van der Waals surface area contributed by atoms with Crippen LogP contribution in [0.4, 0.5) is 0 Å². The molecule has 0 saturated heterocycles. The zero-order chi connectivity index (χ0) is 28.4. The molecule has 12 nitrogen and oxygen atoms in total. The van der Waals surface area contributed by atoms with E-state index in [0.717, 1.165) is 16.5 Å². The number of rotatable bonds is 15. The predicted octanol–water partition coefficient (Wildman–Crippen LogP) is -0.257. The van der Waals surface area contributed by atoms with E-state index in [0.29, 0.717) is 19.4 Å². The lowest BCUT2D eigenvalue weighted by atomic mass is 10.0. The minimum absolute atomic E-state index is 0.250. The highest BCUT2D eigenvalue weighted by Gasteiger charge is 2.33. The summed E-state index contributed by atoms with van der Waals surface area (Å²) in [5, 5.41) is 27.5. The topological polar surface area (TPSA) is 213 Å². The lowest BCUT2D eigenvalue weighted by molar-refractivity contribution is -0.145. The fourth-order valence-corrected chi connectivity index (χ4v) is 4.09. The Kier molecular flexibility index (Phi) is 11.7. The van der Waals surface area contributed by atoms with Gasteiger partial charge in [-0.05, 0) is 56.7 Å². The maximum atomic E-state index is 13.2. The maximum Gasteiger partial charge on any atom is 0.328 e. The van der Waals surface area contributed by atoms with Gasteiger partial charge in [0.1, 0.15) is 12.1 Å². The summed E-state index contributed by atoms with van der Waals surface area (Å²) in [5.74, 6) is -3.70. The van der Waals surface area contributed by atoms with Crippen LogP contribution in [0.3, 0.4) is 0 Å². The normalized spacial score (nSPS) is 15.3. The average molecular weight is 533 g/mol. The van der Waals surface area contributed by atoms with Gasteiger partial charge in [0.2, 0.25) is 17.7 Å². The highest BCUT2D eigenvalue weighted by atomic mass is 16.4. The van der Waals surface area contributed by atoms with E-state index in [-0.39, 0.29) is 12.8 Å². The number of benzene rings is 1. The van der Waals surface area contributed by atoms with E-state index < -0.39 is 59.9 Å². The quantitative estimate of drug-likeness (QED) is 0.143. The molecule has 0 spiro atoms. The molecule has 0 aliphatic carbocycles. The van der Waals surface area contributed by atoms with Crippen molar-refractivity contribution in [2.75, 3.05) is 6.54 Å². The Morgan fingerprint density at radius 2 is 1.61 bits per heavy atom. The van der Waals surface area contributed by atoms with Gasteiger partial charge in [-0.2, -0.15) is 0 Å². The molecule has 10 N–H and O–H groups in total. The summed E-state index contributed by atoms with van der Waals surface area (Å²) in [6, 6.07) is 3.10. The molecule has 1 aromatic carbocycles. The summed E-state index contributed by atoms with van der Waals surface area (Å²) in [6.45, 7) is 5.02. The third kappa shape index (κ3) is 8.54. The van der Waals surface area contributed by atoms with Gasteiger partial charge in [0.25, 0.3) is 0 Å². The van der Waals surface area contributed by atoms with Crippen LogP contribution < -0.4 is 27.4 Å². The van der Waals surface area contributed by atoms with Crippen LogP contribution in [-0.4, -0.2) is 75.7 Å². The Balaban J connectivity index is 2.12. The minimum atomic E-state index is -1.54. The van der Waals surface area contributed by atoms with Crippen molar-refractivity contribution < 1.29 is 29.4 Å². The molecule has 5 atom stereocenters. The molecule has 3 amide bonds. The van der Waals surface area contributed by atoms with Crippen LogP contribution in [0.25, 0.3) is 10.9 Å². The van der Waals surface area contributed by atoms with Crippen molar-refractivity contribution in [2.45, 2.75) is 76.7 Å². The summed E-state index contributed by atoms with van der Waals surface area (Å²) in [5.41, 5.74) is 13.6. The number of H-pyrrole nitrogens is 1. The van der Waals surface area contributed by atoms with Gasteiger partial charge >= 0.3 is 5.97 Å². The van der Waals surface area contributed by atoms with Crippen LogP contribution in [0.1, 0.15) is 45.6 Å². The molecular formula is C26H40N6O6. The van der Waals surface area contributed by atoms with E-state index in [2.05, 4.69) is 20.9 Å². The number of carboxylic acid groups (broad SMARTS) is 1. The third-order valence-corrected chi connectivity index (χ3v) is 6.32. The Hall–Kier alpha value is -3.48. The van der Waals surface area contributed by atoms with Crippen molar-refractivity contribution in [2.24, 2.45) is 17.4 Å². The molecule has 0 radical (unpaired) electrons. The lowest BCUT2D eigenvalue weighted by Crippen LogP contribution is -2.59. The van der Waals surface area contributed by atoms with Gasteiger partial charge in [-0.3, -0.25) is 14.4 Å². The molecule has 38 heavy (non-hydrogen) atoms. The fourth-order valence-electron chi connectivity index (χ4n) is 4.09. The second-order valence-corrected chi connectivity index (χ2v) is 9.81. The number of aliphatic hydroxyl groups excluding tert-OH is 1. The monoisotopic (exact) mass is 532 g/mol. The van der Waals surface area contributed by atoms with Crippen LogP contribution in [0.15, 0.2) is 30.5 Å². The first kappa shape index (κ1) is 30.7. The maximum absolute atomic E-state index is 13.2. The van der Waals surface area contributed by atoms with Crippen molar-refractivity contribution in [1.29, 1.82) is 0 Å². The van der Waals surface area contributed by atoms with Gasteiger partial charge in [-0.1, -0.05) is 32.0 Å². The number of hydrogen-bond acceptors (Lipinski definition) is 7. The number of fused-ring (bicyclic) bond motifs is 1. The van der Waals surface area contributed by atoms with Crippen molar-refractivity contribution in [1.82, 2.24) is 20.9 Å². The standard InChI is InChI=1S/C26H40N6O6/c1-14(2)21(25(36)32-22(15(3)33)26(37)38)31-24(35)20(10-6-7-11-27)30-23(34)18(28)12-16-13-29-19-9-5-4-8-17(16)19/h4-5,8-9,13-15,18,20-22,29,33H,6-7,10-12,27-28H2,1-3H3,(H,30,34)(H,31,35)(H,32,36)(H,37,38). The third-order valence-electron chi connectivity index (χ3n) is 6.32. The molecule has 1 aromatic heterocycles. The first-order chi connectivity index (χ1) is 18.0. The number of nitrogens with one attached hydrogen (secondary N) is 4. The van der Waals surface area contributed by atoms with E-state index in [1.807, 2.05) is 24.3 Å². The number of para-hydroxylation sites is 1. The number of amides is 3. The number of aromatic nitrogens is 1. The molecule has 0 fully saturated rings. The molecule has 0 bridgehead atoms. The zero-order valence-electron chi connectivity index (χ0n) is 22.1. The predicted molar refractivity (Wildman–Crippen MR) is 143 cm³/mol. The summed E-state index contributed by atoms with van der Waals surface area (Å²) in [7, 11) is 0. The molecule has 1 heterocycles. The largest absolute Gasteiger partial charge is 0.480 e. The number of carbonyl (C=O) groups excluding carboxylic acids is 3. The number of carbonyl (C=O) groups is 4. The number of unbranched alkanes of at least 4 members (excludes halogenated alkanes) is 1. The molecule has 0 aliphatic rings. The van der Waals surface area contributed by atoms with Crippen LogP contribution in [0, 0.1) is 5.92 Å². The second kappa shape index (κ2) is 14.5. The van der Waals surface area contributed by atoms with E-state index in [1.54, 1.807) is 20.0 Å². The molecule has 5 unspecified atom stereocenters. The van der Waals surface area contributed by atoms with Gasteiger partial charge < -0.3 is 42.6 Å². The Morgan fingerprint density at radius 1 is 0.947 bits per heavy atom. The minimum Gasteiger partial charge on any atom is -0.480 e. The SMILES string of the molecule is CC(C)C(NC(=O)C(CCCCN)NC(=O)C(N)Cc1c[nH]c2ccccc12)C(=O)NC(C(=O)O)C(C)O. The number of hydrogen-bond donors (Lipinski definition) is 8. The van der Waals surface area contributed by atoms with Crippen LogP contribution >= 0.6 is 0 Å². The number of nitrogens with two attached hydrogens (primary N) is 2. The molecule has 2 rings (SSSR count). The molecular weight excluding hydrogens is 492 g/mol. The number of carboxylic acids is 1. The zero-order valence-corrected chi connectivity index (χ0v) is 22.1. The van der Waals surface area contributed by atoms with Gasteiger partial charge in [0.05, 0.1) is 12.1 Å². The summed E-state index contributed by atoms with van der Waals surface area (Å²) in [4.78, 5) is 53.5. The number of aliphatic carboxylic acids is 1. The summed E-state index contributed by atoms with van der Waals surface area (Å²) in [6.07, 6.45) is 2.15. The van der Waals surface area contributed by atoms with E-state index >= 15 is 0 Å². The van der Waals surface area contributed by atoms with Crippen LogP contribution in [0.5, 0.6) is 0 Å². The highest BCUT2D eigenvalue weighted by molar-refractivity contribution is 5.94. The first-order valence-electron chi connectivity index (χ1n) is 12.8. The molecule has 0 saturated carbocycles. The summed E-state index contributed by atoms with van der Waals surface area (Å²) >= 11 is 0. The highest BCUT2D eigenvalue weighted by Crippen LogP contribution is 2.19. The van der Waals surface area contributed by atoms with Crippen molar-refractivity contribution in [3.8, 4) is 0 Å². The van der Waals surface area contributed by atoms with Gasteiger partial charge in [0, 0.05) is 17.1 Å². The Bertz CT molecular complexity index is 1100. The smallest absolute Gasteiger partial charge is 0.328 e. The van der Waals surface area contributed by atoms with E-state index in [1.165, 1.54) is 6.92 Å². The lowest BCUT2D eigenvalue weighted by Gasteiger charge is -2.27. The van der Waals surface area contributed by atoms with Gasteiger partial charge in [-0.25, -0.2) is 4.79 Å². The van der Waals surface area contributed by atoms with Crippen LogP contribution in [0.2, 0.25) is 0 Å². The van der Waals surface area contributed by atoms with Crippen LogP contribution in [-0.2, 0) is 25.6 Å². The Labute approximate surface area is 221 Å². The van der Waals surface area contributed by atoms with Gasteiger partial charge in [0.15, 0.2) is 6.04 Å². The molecule has 0 aliphatic heterocycles. The molecule has 12 heteroatoms. The molecule has 210 valence electrons. The van der Waals surface area contributed by atoms with E-state index in [4.69, 9.17) is 11.5 Å². The number of aromatic amines is 1.